The number of anilines is 1. The van der Waals surface area contributed by atoms with Crippen LogP contribution in [0.3, 0.4) is 0 Å². The molecule has 0 radical (unpaired) electrons. The molecule has 0 aromatic heterocycles. The summed E-state index contributed by atoms with van der Waals surface area (Å²) >= 11 is 0. The maximum Gasteiger partial charge on any atom is 0.328 e. The van der Waals surface area contributed by atoms with Gasteiger partial charge in [-0.05, 0) is 25.0 Å². The van der Waals surface area contributed by atoms with Crippen molar-refractivity contribution < 1.29 is 19.8 Å². The summed E-state index contributed by atoms with van der Waals surface area (Å²) in [5, 5.41) is 22.2. The largest absolute Gasteiger partial charge is 0.480 e. The van der Waals surface area contributed by atoms with Crippen molar-refractivity contribution in [1.29, 1.82) is 0 Å². The molecule has 98 valence electrons. The molecule has 1 aromatic rings. The van der Waals surface area contributed by atoms with Gasteiger partial charge in [-0.2, -0.15) is 0 Å². The molecule has 6 nitrogen and oxygen atoms in total. The van der Waals surface area contributed by atoms with Crippen LogP contribution < -0.4 is 10.6 Å². The molecule has 0 spiro atoms. The number of amides is 2. The van der Waals surface area contributed by atoms with Crippen LogP contribution in [0.4, 0.5) is 10.5 Å². The van der Waals surface area contributed by atoms with E-state index < -0.39 is 24.6 Å². The number of benzene rings is 1. The second-order valence-corrected chi connectivity index (χ2v) is 3.94. The first-order valence-electron chi connectivity index (χ1n) is 5.43. The minimum Gasteiger partial charge on any atom is -0.480 e. The second kappa shape index (κ2) is 6.02. The first-order chi connectivity index (χ1) is 8.45. The Morgan fingerprint density at radius 2 is 1.83 bits per heavy atom. The molecule has 0 saturated carbocycles. The summed E-state index contributed by atoms with van der Waals surface area (Å²) in [7, 11) is 0. The van der Waals surface area contributed by atoms with Gasteiger partial charge in [0.05, 0.1) is 6.61 Å². The van der Waals surface area contributed by atoms with E-state index in [0.717, 1.165) is 11.1 Å². The quantitative estimate of drug-likeness (QED) is 0.639. The molecule has 0 heterocycles. The highest BCUT2D eigenvalue weighted by atomic mass is 16.4. The van der Waals surface area contributed by atoms with Crippen LogP contribution in [0.15, 0.2) is 18.2 Å². The van der Waals surface area contributed by atoms with Crippen LogP contribution in [0.2, 0.25) is 0 Å². The number of nitrogens with one attached hydrogen (secondary N) is 2. The van der Waals surface area contributed by atoms with Crippen molar-refractivity contribution in [1.82, 2.24) is 5.32 Å². The highest BCUT2D eigenvalue weighted by Crippen LogP contribution is 2.18. The van der Waals surface area contributed by atoms with E-state index in [1.165, 1.54) is 0 Å². The van der Waals surface area contributed by atoms with E-state index in [2.05, 4.69) is 10.6 Å². The second-order valence-electron chi connectivity index (χ2n) is 3.94. The lowest BCUT2D eigenvalue weighted by molar-refractivity contribution is -0.140. The predicted octanol–water partition coefficient (Wildman–Crippen LogP) is 0.870. The van der Waals surface area contributed by atoms with Gasteiger partial charge in [-0.25, -0.2) is 9.59 Å². The number of carboxylic acid groups (broad SMARTS) is 1. The molecular weight excluding hydrogens is 236 g/mol. The lowest BCUT2D eigenvalue weighted by Gasteiger charge is -2.15. The minimum absolute atomic E-state index is 0.636. The molecule has 0 saturated heterocycles. The van der Waals surface area contributed by atoms with Crippen molar-refractivity contribution in [2.24, 2.45) is 0 Å². The molecule has 1 rings (SSSR count). The SMILES string of the molecule is Cc1cccc(C)c1NC(=O)NC(CO)C(=O)O. The van der Waals surface area contributed by atoms with Crippen LogP contribution in [0.5, 0.6) is 0 Å². The molecule has 0 aliphatic heterocycles. The van der Waals surface area contributed by atoms with Gasteiger partial charge in [0.15, 0.2) is 6.04 Å². The number of aliphatic hydroxyl groups excluding tert-OH is 1. The molecule has 0 aliphatic rings. The van der Waals surface area contributed by atoms with E-state index in [1.807, 2.05) is 32.0 Å². The van der Waals surface area contributed by atoms with Crippen LogP contribution in [0, 0.1) is 13.8 Å². The standard InChI is InChI=1S/C12H16N2O4/c1-7-4-3-5-8(2)10(7)14-12(18)13-9(6-15)11(16)17/h3-5,9,15H,6H2,1-2H3,(H,16,17)(H2,13,14,18). The third kappa shape index (κ3) is 3.46. The fourth-order valence-electron chi connectivity index (χ4n) is 1.50. The zero-order valence-corrected chi connectivity index (χ0v) is 10.2. The number of aliphatic carboxylic acids is 1. The Bertz CT molecular complexity index is 439. The Balaban J connectivity index is 2.73. The molecule has 1 aromatic carbocycles. The first-order valence-corrected chi connectivity index (χ1v) is 5.43. The van der Waals surface area contributed by atoms with Crippen molar-refractivity contribution in [3.8, 4) is 0 Å². The monoisotopic (exact) mass is 252 g/mol. The number of aliphatic hydroxyl groups is 1. The predicted molar refractivity (Wildman–Crippen MR) is 66.6 cm³/mol. The molecule has 0 aliphatic carbocycles. The number of aryl methyl sites for hydroxylation is 2. The Labute approximate surface area is 105 Å². The molecule has 6 heteroatoms. The Morgan fingerprint density at radius 1 is 1.28 bits per heavy atom. The van der Waals surface area contributed by atoms with Gasteiger partial charge in [-0.15, -0.1) is 0 Å². The molecule has 0 bridgehead atoms. The molecule has 2 amide bonds. The van der Waals surface area contributed by atoms with E-state index in [9.17, 15) is 9.59 Å². The van der Waals surface area contributed by atoms with Crippen LogP contribution >= 0.6 is 0 Å². The topological polar surface area (TPSA) is 98.7 Å². The van der Waals surface area contributed by atoms with Crippen molar-refractivity contribution in [2.45, 2.75) is 19.9 Å². The van der Waals surface area contributed by atoms with E-state index in [4.69, 9.17) is 10.2 Å². The number of carbonyl (C=O) groups excluding carboxylic acids is 1. The highest BCUT2D eigenvalue weighted by molar-refractivity contribution is 5.93. The Kier molecular flexibility index (Phi) is 4.67. The smallest absolute Gasteiger partial charge is 0.328 e. The summed E-state index contributed by atoms with van der Waals surface area (Å²) in [5.74, 6) is -1.28. The maximum absolute atomic E-state index is 11.6. The fraction of sp³-hybridized carbons (Fsp3) is 0.333. The number of hydrogen-bond acceptors (Lipinski definition) is 3. The first kappa shape index (κ1) is 14.0. The number of carboxylic acids is 1. The van der Waals surface area contributed by atoms with Gasteiger partial charge in [0.25, 0.3) is 0 Å². The zero-order valence-electron chi connectivity index (χ0n) is 10.2. The van der Waals surface area contributed by atoms with Crippen LogP contribution in [-0.4, -0.2) is 34.9 Å². The lowest BCUT2D eigenvalue weighted by Crippen LogP contribution is -2.45. The zero-order chi connectivity index (χ0) is 13.7. The van der Waals surface area contributed by atoms with E-state index in [-0.39, 0.29) is 0 Å². The van der Waals surface area contributed by atoms with Crippen LogP contribution in [-0.2, 0) is 4.79 Å². The van der Waals surface area contributed by atoms with E-state index in [0.29, 0.717) is 5.69 Å². The van der Waals surface area contributed by atoms with Gasteiger partial charge in [0.1, 0.15) is 0 Å². The minimum atomic E-state index is -1.31. The molecule has 0 fully saturated rings. The summed E-state index contributed by atoms with van der Waals surface area (Å²) < 4.78 is 0. The van der Waals surface area contributed by atoms with Gasteiger partial charge in [0.2, 0.25) is 0 Å². The van der Waals surface area contributed by atoms with E-state index >= 15 is 0 Å². The molecule has 18 heavy (non-hydrogen) atoms. The molecule has 1 atom stereocenters. The fourth-order valence-corrected chi connectivity index (χ4v) is 1.50. The summed E-state index contributed by atoms with van der Waals surface area (Å²) in [5.41, 5.74) is 2.39. The van der Waals surface area contributed by atoms with Crippen molar-refractivity contribution in [3.63, 3.8) is 0 Å². The molecule has 1 unspecified atom stereocenters. The average molecular weight is 252 g/mol. The van der Waals surface area contributed by atoms with Gasteiger partial charge in [0, 0.05) is 5.69 Å². The number of carbonyl (C=O) groups is 2. The summed E-state index contributed by atoms with van der Waals surface area (Å²) in [6.45, 7) is 3.02. The summed E-state index contributed by atoms with van der Waals surface area (Å²) in [6, 6.07) is 3.57. The maximum atomic E-state index is 11.6. The van der Waals surface area contributed by atoms with E-state index in [1.54, 1.807) is 0 Å². The Morgan fingerprint density at radius 3 is 2.28 bits per heavy atom. The normalized spacial score (nSPS) is 11.7. The number of hydrogen-bond donors (Lipinski definition) is 4. The summed E-state index contributed by atoms with van der Waals surface area (Å²) in [6.07, 6.45) is 0. The number of urea groups is 1. The third-order valence-corrected chi connectivity index (χ3v) is 2.51. The number of rotatable bonds is 4. The van der Waals surface area contributed by atoms with Crippen LogP contribution in [0.1, 0.15) is 11.1 Å². The Hall–Kier alpha value is -2.08. The number of para-hydroxylation sites is 1. The third-order valence-electron chi connectivity index (χ3n) is 2.51. The van der Waals surface area contributed by atoms with Crippen molar-refractivity contribution >= 4 is 17.7 Å². The van der Waals surface area contributed by atoms with Gasteiger partial charge >= 0.3 is 12.0 Å². The van der Waals surface area contributed by atoms with Gasteiger partial charge in [-0.1, -0.05) is 18.2 Å². The van der Waals surface area contributed by atoms with Gasteiger partial charge in [-0.3, -0.25) is 0 Å². The van der Waals surface area contributed by atoms with Crippen molar-refractivity contribution in [2.75, 3.05) is 11.9 Å². The van der Waals surface area contributed by atoms with Crippen molar-refractivity contribution in [3.05, 3.63) is 29.3 Å². The molecule has 4 N–H and O–H groups in total. The highest BCUT2D eigenvalue weighted by Gasteiger charge is 2.19. The molecular formula is C12H16N2O4. The summed E-state index contributed by atoms with van der Waals surface area (Å²) in [4.78, 5) is 22.2. The van der Waals surface area contributed by atoms with Crippen LogP contribution in [0.25, 0.3) is 0 Å². The lowest BCUT2D eigenvalue weighted by atomic mass is 10.1. The van der Waals surface area contributed by atoms with Gasteiger partial charge < -0.3 is 20.8 Å². The average Bonchev–Trinajstić information content (AvgIpc) is 2.30.